The maximum Gasteiger partial charge on any atom is 0.269 e. The SMILES string of the molecule is Cc1c(Cl)ccc2sc(N(CCCn3ccnc3)C(=O)/C=C/c3ccc([N+](=O)[O-])cc3)nc12.Cl. The van der Waals surface area contributed by atoms with Gasteiger partial charge in [-0.25, -0.2) is 9.97 Å². The minimum atomic E-state index is -0.456. The second-order valence-electron chi connectivity index (χ2n) is 7.34. The molecule has 2 aromatic heterocycles. The number of imidazole rings is 1. The van der Waals surface area contributed by atoms with Crippen molar-refractivity contribution in [2.24, 2.45) is 0 Å². The molecule has 0 bridgehead atoms. The lowest BCUT2D eigenvalue weighted by molar-refractivity contribution is -0.384. The lowest BCUT2D eigenvalue weighted by Gasteiger charge is -2.18. The minimum absolute atomic E-state index is 0. The number of nitrogens with zero attached hydrogens (tertiary/aromatic N) is 5. The number of fused-ring (bicyclic) bond motifs is 1. The first-order valence-corrected chi connectivity index (χ1v) is 11.4. The summed E-state index contributed by atoms with van der Waals surface area (Å²) in [4.78, 5) is 33.9. The fraction of sp³-hybridized carbons (Fsp3) is 0.174. The number of carbonyl (C=O) groups excluding carboxylic acids is 1. The van der Waals surface area contributed by atoms with E-state index in [1.54, 1.807) is 35.6 Å². The number of hydrogen-bond donors (Lipinski definition) is 0. The summed E-state index contributed by atoms with van der Waals surface area (Å²) in [5.41, 5.74) is 2.36. The van der Waals surface area contributed by atoms with E-state index in [9.17, 15) is 14.9 Å². The summed E-state index contributed by atoms with van der Waals surface area (Å²) < 4.78 is 2.91. The monoisotopic (exact) mass is 517 g/mol. The van der Waals surface area contributed by atoms with E-state index in [1.807, 2.05) is 29.8 Å². The highest BCUT2D eigenvalue weighted by Gasteiger charge is 2.19. The zero-order chi connectivity index (χ0) is 23.4. The lowest BCUT2D eigenvalue weighted by atomic mass is 10.2. The summed E-state index contributed by atoms with van der Waals surface area (Å²) >= 11 is 7.69. The average molecular weight is 518 g/mol. The number of carbonyl (C=O) groups is 1. The van der Waals surface area contributed by atoms with E-state index in [-0.39, 0.29) is 24.0 Å². The summed E-state index contributed by atoms with van der Waals surface area (Å²) in [6, 6.07) is 9.77. The third-order valence-electron chi connectivity index (χ3n) is 5.11. The van der Waals surface area contributed by atoms with Crippen LogP contribution in [-0.2, 0) is 11.3 Å². The molecule has 0 aliphatic rings. The molecule has 0 spiro atoms. The zero-order valence-corrected chi connectivity index (χ0v) is 20.5. The molecule has 0 saturated carbocycles. The van der Waals surface area contributed by atoms with Crippen LogP contribution < -0.4 is 4.90 Å². The average Bonchev–Trinajstić information content (AvgIpc) is 3.48. The molecule has 34 heavy (non-hydrogen) atoms. The van der Waals surface area contributed by atoms with Gasteiger partial charge in [-0.3, -0.25) is 19.8 Å². The van der Waals surface area contributed by atoms with Crippen LogP contribution in [0.1, 0.15) is 17.5 Å². The largest absolute Gasteiger partial charge is 0.337 e. The van der Waals surface area contributed by atoms with Crippen LogP contribution in [-0.4, -0.2) is 31.9 Å². The standard InChI is InChI=1S/C23H20ClN5O3S.ClH/c1-16-19(24)8-9-20-22(16)26-23(33-20)28(13-2-12-27-14-11-25-15-27)21(30)10-5-17-3-6-18(7-4-17)29(31)32;/h3-11,14-15H,2,12-13H2,1H3;1H/b10-5+;. The molecule has 4 aromatic rings. The first kappa shape index (κ1) is 25.4. The van der Waals surface area contributed by atoms with Gasteiger partial charge in [0.2, 0.25) is 0 Å². The molecular formula is C23H21Cl2N5O3S. The smallest absolute Gasteiger partial charge is 0.269 e. The highest BCUT2D eigenvalue weighted by atomic mass is 35.5. The molecular weight excluding hydrogens is 497 g/mol. The molecule has 11 heteroatoms. The van der Waals surface area contributed by atoms with Gasteiger partial charge in [-0.15, -0.1) is 12.4 Å². The van der Waals surface area contributed by atoms with Crippen LogP contribution in [0.25, 0.3) is 16.3 Å². The topological polar surface area (TPSA) is 94.2 Å². The fourth-order valence-electron chi connectivity index (χ4n) is 3.30. The molecule has 0 saturated heterocycles. The highest BCUT2D eigenvalue weighted by Crippen LogP contribution is 2.33. The van der Waals surface area contributed by atoms with Crippen molar-refractivity contribution in [3.63, 3.8) is 0 Å². The predicted molar refractivity (Wildman–Crippen MR) is 138 cm³/mol. The van der Waals surface area contributed by atoms with Crippen molar-refractivity contribution >= 4 is 68.4 Å². The third kappa shape index (κ3) is 5.80. The van der Waals surface area contributed by atoms with Gasteiger partial charge in [0, 0.05) is 48.7 Å². The van der Waals surface area contributed by atoms with Gasteiger partial charge in [0.1, 0.15) is 0 Å². The predicted octanol–water partition coefficient (Wildman–Crippen LogP) is 5.92. The summed E-state index contributed by atoms with van der Waals surface area (Å²) in [6.45, 7) is 3.09. The van der Waals surface area contributed by atoms with E-state index < -0.39 is 4.92 Å². The van der Waals surface area contributed by atoms with E-state index in [0.29, 0.717) is 35.2 Å². The molecule has 0 fully saturated rings. The Hall–Kier alpha value is -3.27. The fourth-order valence-corrected chi connectivity index (χ4v) is 4.51. The molecule has 1 amide bonds. The summed E-state index contributed by atoms with van der Waals surface area (Å²) in [7, 11) is 0. The van der Waals surface area contributed by atoms with Crippen LogP contribution in [0, 0.1) is 17.0 Å². The molecule has 2 heterocycles. The number of amides is 1. The number of nitro groups is 1. The van der Waals surface area contributed by atoms with Crippen molar-refractivity contribution in [3.8, 4) is 0 Å². The van der Waals surface area contributed by atoms with Gasteiger partial charge in [-0.05, 0) is 54.8 Å². The maximum absolute atomic E-state index is 13.2. The molecule has 0 atom stereocenters. The summed E-state index contributed by atoms with van der Waals surface area (Å²) in [5.74, 6) is -0.221. The van der Waals surface area contributed by atoms with Crippen LogP contribution in [0.15, 0.2) is 61.2 Å². The van der Waals surface area contributed by atoms with E-state index in [0.717, 1.165) is 15.8 Å². The number of halogens is 2. The van der Waals surface area contributed by atoms with E-state index in [1.165, 1.54) is 29.5 Å². The number of non-ortho nitro benzene ring substituents is 1. The number of rotatable bonds is 8. The number of aromatic nitrogens is 3. The van der Waals surface area contributed by atoms with Crippen LogP contribution in [0.2, 0.25) is 5.02 Å². The van der Waals surface area contributed by atoms with Gasteiger partial charge in [0.05, 0.1) is 21.5 Å². The Labute approximate surface area is 211 Å². The molecule has 0 aliphatic heterocycles. The Balaban J connectivity index is 0.00000324. The first-order valence-electron chi connectivity index (χ1n) is 10.2. The Morgan fingerprint density at radius 1 is 1.26 bits per heavy atom. The zero-order valence-electron chi connectivity index (χ0n) is 18.1. The van der Waals surface area contributed by atoms with Crippen molar-refractivity contribution < 1.29 is 9.72 Å². The Kier molecular flexibility index (Phi) is 8.38. The normalized spacial score (nSPS) is 11.0. The molecule has 8 nitrogen and oxygen atoms in total. The second kappa shape index (κ2) is 11.2. The quantitative estimate of drug-likeness (QED) is 0.164. The van der Waals surface area contributed by atoms with Crippen molar-refractivity contribution in [1.82, 2.24) is 14.5 Å². The van der Waals surface area contributed by atoms with Gasteiger partial charge in [-0.2, -0.15) is 0 Å². The van der Waals surface area contributed by atoms with Crippen LogP contribution in [0.3, 0.4) is 0 Å². The molecule has 0 radical (unpaired) electrons. The van der Waals surface area contributed by atoms with Gasteiger partial charge in [-0.1, -0.05) is 22.9 Å². The van der Waals surface area contributed by atoms with Crippen molar-refractivity contribution in [3.05, 3.63) is 87.5 Å². The van der Waals surface area contributed by atoms with Gasteiger partial charge < -0.3 is 4.57 Å². The molecule has 0 aliphatic carbocycles. The van der Waals surface area contributed by atoms with Crippen LogP contribution >= 0.6 is 35.3 Å². The van der Waals surface area contributed by atoms with Gasteiger partial charge >= 0.3 is 0 Å². The number of thiazole rings is 1. The molecule has 0 N–H and O–H groups in total. The van der Waals surface area contributed by atoms with E-state index in [2.05, 4.69) is 4.98 Å². The Morgan fingerprint density at radius 3 is 2.71 bits per heavy atom. The van der Waals surface area contributed by atoms with E-state index in [4.69, 9.17) is 16.6 Å². The first-order chi connectivity index (χ1) is 15.9. The summed E-state index contributed by atoms with van der Waals surface area (Å²) in [6.07, 6.45) is 9.15. The number of anilines is 1. The highest BCUT2D eigenvalue weighted by molar-refractivity contribution is 7.22. The van der Waals surface area contributed by atoms with Gasteiger partial charge in [0.15, 0.2) is 5.13 Å². The third-order valence-corrected chi connectivity index (χ3v) is 6.57. The lowest BCUT2D eigenvalue weighted by Crippen LogP contribution is -2.30. The molecule has 2 aromatic carbocycles. The van der Waals surface area contributed by atoms with E-state index >= 15 is 0 Å². The minimum Gasteiger partial charge on any atom is -0.337 e. The second-order valence-corrected chi connectivity index (χ2v) is 8.76. The summed E-state index contributed by atoms with van der Waals surface area (Å²) in [5, 5.41) is 12.1. The van der Waals surface area contributed by atoms with Crippen molar-refractivity contribution in [1.29, 1.82) is 0 Å². The Bertz CT molecular complexity index is 1320. The van der Waals surface area contributed by atoms with Crippen LogP contribution in [0.4, 0.5) is 10.8 Å². The number of benzene rings is 2. The van der Waals surface area contributed by atoms with Crippen LogP contribution in [0.5, 0.6) is 0 Å². The number of nitro benzene ring substituents is 1. The Morgan fingerprint density at radius 2 is 2.03 bits per heavy atom. The van der Waals surface area contributed by atoms with Gasteiger partial charge in [0.25, 0.3) is 11.6 Å². The molecule has 4 rings (SSSR count). The van der Waals surface area contributed by atoms with Crippen molar-refractivity contribution in [2.45, 2.75) is 19.9 Å². The molecule has 0 unspecified atom stereocenters. The number of hydrogen-bond acceptors (Lipinski definition) is 6. The maximum atomic E-state index is 13.2. The number of aryl methyl sites for hydroxylation is 2. The van der Waals surface area contributed by atoms with Crippen molar-refractivity contribution in [2.75, 3.05) is 11.4 Å². The molecule has 176 valence electrons.